The quantitative estimate of drug-likeness (QED) is 0.446. The molecule has 14 heavy (non-hydrogen) atoms. The fourth-order valence-electron chi connectivity index (χ4n) is 1.03. The number of aromatic hydroxyl groups is 1. The molecule has 0 fully saturated rings. The van der Waals surface area contributed by atoms with Crippen LogP contribution in [0.3, 0.4) is 0 Å². The molecule has 0 bridgehead atoms. The monoisotopic (exact) mass is 199 g/mol. The maximum Gasteiger partial charge on any atom is 0.305 e. The Hall–Kier alpha value is -1.98. The third-order valence-electron chi connectivity index (χ3n) is 1.65. The number of nitro groups is 1. The molecule has 0 aromatic heterocycles. The van der Waals surface area contributed by atoms with Crippen LogP contribution in [0.4, 0.5) is 10.1 Å². The largest absolute Gasteiger partial charge is 0.507 e. The molecule has 0 radical (unpaired) electrons. The second-order valence-electron chi connectivity index (χ2n) is 2.61. The predicted molar refractivity (Wildman–Crippen MR) is 44.7 cm³/mol. The molecule has 0 unspecified atom stereocenters. The first kappa shape index (κ1) is 10.1. The zero-order valence-electron chi connectivity index (χ0n) is 7.15. The molecule has 1 rings (SSSR count). The van der Waals surface area contributed by atoms with E-state index in [1.165, 1.54) is 0 Å². The SMILES string of the molecule is CC(=O)c1c(O)ccc([N+](=O)[O-])c1F. The third kappa shape index (κ3) is 1.54. The highest BCUT2D eigenvalue weighted by Gasteiger charge is 2.23. The lowest BCUT2D eigenvalue weighted by Gasteiger charge is -2.01. The minimum absolute atomic E-state index is 0.597. The lowest BCUT2D eigenvalue weighted by atomic mass is 10.1. The van der Waals surface area contributed by atoms with Crippen molar-refractivity contribution in [2.45, 2.75) is 6.92 Å². The van der Waals surface area contributed by atoms with Gasteiger partial charge in [-0.25, -0.2) is 0 Å². The third-order valence-corrected chi connectivity index (χ3v) is 1.65. The van der Waals surface area contributed by atoms with Crippen LogP contribution < -0.4 is 0 Å². The number of phenolic OH excluding ortho intramolecular Hbond substituents is 1. The molecule has 5 nitrogen and oxygen atoms in total. The molecule has 0 aliphatic heterocycles. The first-order chi connectivity index (χ1) is 6.45. The summed E-state index contributed by atoms with van der Waals surface area (Å²) in [7, 11) is 0. The zero-order valence-corrected chi connectivity index (χ0v) is 7.15. The summed E-state index contributed by atoms with van der Waals surface area (Å²) in [6.07, 6.45) is 0. The number of carbonyl (C=O) groups is 1. The van der Waals surface area contributed by atoms with E-state index in [0.717, 1.165) is 19.1 Å². The van der Waals surface area contributed by atoms with E-state index in [0.29, 0.717) is 0 Å². The van der Waals surface area contributed by atoms with Crippen LogP contribution in [0.2, 0.25) is 0 Å². The van der Waals surface area contributed by atoms with Crippen molar-refractivity contribution in [3.8, 4) is 5.75 Å². The number of hydrogen-bond donors (Lipinski definition) is 1. The van der Waals surface area contributed by atoms with Gasteiger partial charge in [0.25, 0.3) is 0 Å². The minimum Gasteiger partial charge on any atom is -0.507 e. The smallest absolute Gasteiger partial charge is 0.305 e. The summed E-state index contributed by atoms with van der Waals surface area (Å²) in [5.41, 5.74) is -1.48. The van der Waals surface area contributed by atoms with Gasteiger partial charge in [0.05, 0.1) is 4.92 Å². The van der Waals surface area contributed by atoms with Crippen molar-refractivity contribution in [1.82, 2.24) is 0 Å². The van der Waals surface area contributed by atoms with Crippen molar-refractivity contribution in [2.24, 2.45) is 0 Å². The maximum absolute atomic E-state index is 13.2. The van der Waals surface area contributed by atoms with Crippen LogP contribution in [0.5, 0.6) is 5.75 Å². The Balaban J connectivity index is 3.49. The Kier molecular flexibility index (Phi) is 2.46. The number of rotatable bonds is 2. The van der Waals surface area contributed by atoms with Crippen LogP contribution in [0.15, 0.2) is 12.1 Å². The number of ketones is 1. The fourth-order valence-corrected chi connectivity index (χ4v) is 1.03. The number of benzene rings is 1. The van der Waals surface area contributed by atoms with Gasteiger partial charge < -0.3 is 5.11 Å². The van der Waals surface area contributed by atoms with E-state index >= 15 is 0 Å². The molecule has 0 aliphatic carbocycles. The van der Waals surface area contributed by atoms with Crippen LogP contribution in [0.1, 0.15) is 17.3 Å². The Bertz CT molecular complexity index is 416. The van der Waals surface area contributed by atoms with E-state index in [1.807, 2.05) is 0 Å². The normalized spacial score (nSPS) is 9.86. The van der Waals surface area contributed by atoms with Crippen molar-refractivity contribution in [1.29, 1.82) is 0 Å². The number of hydrogen-bond acceptors (Lipinski definition) is 4. The molecule has 0 spiro atoms. The van der Waals surface area contributed by atoms with Crippen LogP contribution in [0.25, 0.3) is 0 Å². The number of Topliss-reactive ketones (excluding diaryl/α,β-unsaturated/α-hetero) is 1. The molecular formula is C8H6FNO4. The number of nitro benzene ring substituents is 1. The maximum atomic E-state index is 13.2. The van der Waals surface area contributed by atoms with Gasteiger partial charge in [0, 0.05) is 6.07 Å². The van der Waals surface area contributed by atoms with Crippen molar-refractivity contribution in [3.05, 3.63) is 33.6 Å². The molecule has 1 N–H and O–H groups in total. The van der Waals surface area contributed by atoms with E-state index in [1.54, 1.807) is 0 Å². The van der Waals surface area contributed by atoms with E-state index in [2.05, 4.69) is 0 Å². The van der Waals surface area contributed by atoms with Gasteiger partial charge in [0.15, 0.2) is 5.78 Å². The van der Waals surface area contributed by atoms with Crippen LogP contribution in [0, 0.1) is 15.9 Å². The number of phenols is 1. The summed E-state index contributed by atoms with van der Waals surface area (Å²) >= 11 is 0. The van der Waals surface area contributed by atoms with E-state index < -0.39 is 33.5 Å². The molecule has 1 aromatic carbocycles. The lowest BCUT2D eigenvalue weighted by molar-refractivity contribution is -0.387. The standard InChI is InChI=1S/C8H6FNO4/c1-4(11)7-6(12)3-2-5(8(7)9)10(13)14/h2-3,12H,1H3. The molecule has 0 atom stereocenters. The zero-order chi connectivity index (χ0) is 10.9. The van der Waals surface area contributed by atoms with Gasteiger partial charge in [-0.2, -0.15) is 4.39 Å². The summed E-state index contributed by atoms with van der Waals surface area (Å²) in [6, 6.07) is 1.72. The van der Waals surface area contributed by atoms with Gasteiger partial charge in [0.1, 0.15) is 11.3 Å². The molecule has 6 heteroatoms. The number of carbonyl (C=O) groups excluding carboxylic acids is 1. The number of halogens is 1. The number of nitrogens with zero attached hydrogens (tertiary/aromatic N) is 1. The highest BCUT2D eigenvalue weighted by atomic mass is 19.1. The van der Waals surface area contributed by atoms with Gasteiger partial charge in [-0.1, -0.05) is 0 Å². The van der Waals surface area contributed by atoms with Gasteiger partial charge in [-0.3, -0.25) is 14.9 Å². The average molecular weight is 199 g/mol. The van der Waals surface area contributed by atoms with E-state index in [4.69, 9.17) is 5.11 Å². The first-order valence-corrected chi connectivity index (χ1v) is 3.62. The molecular weight excluding hydrogens is 193 g/mol. The second kappa shape index (κ2) is 3.41. The van der Waals surface area contributed by atoms with Crippen LogP contribution in [-0.4, -0.2) is 15.8 Å². The highest BCUT2D eigenvalue weighted by Crippen LogP contribution is 2.27. The summed E-state index contributed by atoms with van der Waals surface area (Å²) in [5, 5.41) is 19.4. The van der Waals surface area contributed by atoms with Crippen molar-refractivity contribution in [2.75, 3.05) is 0 Å². The van der Waals surface area contributed by atoms with Crippen molar-refractivity contribution >= 4 is 11.5 Å². The molecule has 1 aromatic rings. The van der Waals surface area contributed by atoms with Crippen molar-refractivity contribution in [3.63, 3.8) is 0 Å². The van der Waals surface area contributed by atoms with E-state index in [9.17, 15) is 19.3 Å². The van der Waals surface area contributed by atoms with Crippen LogP contribution >= 0.6 is 0 Å². The first-order valence-electron chi connectivity index (χ1n) is 3.62. The molecule has 0 amide bonds. The molecule has 0 heterocycles. The van der Waals surface area contributed by atoms with Gasteiger partial charge >= 0.3 is 5.69 Å². The summed E-state index contributed by atoms with van der Waals surface area (Å²) in [4.78, 5) is 20.2. The Labute approximate surface area is 77.9 Å². The summed E-state index contributed by atoms with van der Waals surface area (Å²) < 4.78 is 13.2. The van der Waals surface area contributed by atoms with Gasteiger partial charge in [-0.15, -0.1) is 0 Å². The van der Waals surface area contributed by atoms with Gasteiger partial charge in [-0.05, 0) is 13.0 Å². The Morgan fingerprint density at radius 1 is 1.57 bits per heavy atom. The summed E-state index contributed by atoms with van der Waals surface area (Å²) in [6.45, 7) is 1.02. The van der Waals surface area contributed by atoms with Crippen molar-refractivity contribution < 1.29 is 19.2 Å². The fraction of sp³-hybridized carbons (Fsp3) is 0.125. The topological polar surface area (TPSA) is 80.4 Å². The molecule has 0 saturated carbocycles. The highest BCUT2D eigenvalue weighted by molar-refractivity contribution is 5.97. The molecule has 74 valence electrons. The average Bonchev–Trinajstić information content (AvgIpc) is 2.02. The molecule has 0 aliphatic rings. The van der Waals surface area contributed by atoms with Gasteiger partial charge in [0.2, 0.25) is 5.82 Å². The van der Waals surface area contributed by atoms with E-state index in [-0.39, 0.29) is 0 Å². The lowest BCUT2D eigenvalue weighted by Crippen LogP contribution is -2.01. The minimum atomic E-state index is -1.30. The Morgan fingerprint density at radius 2 is 2.14 bits per heavy atom. The van der Waals surface area contributed by atoms with Crippen LogP contribution in [-0.2, 0) is 0 Å². The summed E-state index contributed by atoms with van der Waals surface area (Å²) in [5.74, 6) is -2.66. The predicted octanol–water partition coefficient (Wildman–Crippen LogP) is 1.64. The Morgan fingerprint density at radius 3 is 2.57 bits per heavy atom. The second-order valence-corrected chi connectivity index (χ2v) is 2.61. The molecule has 0 saturated heterocycles.